The number of unbranched alkanes of at least 4 members (excludes halogenated alkanes) is 46. The van der Waals surface area contributed by atoms with E-state index in [-0.39, 0.29) is 25.7 Å². The summed E-state index contributed by atoms with van der Waals surface area (Å²) in [4.78, 5) is 72.9. The van der Waals surface area contributed by atoms with Crippen LogP contribution >= 0.6 is 15.6 Å². The molecule has 3 unspecified atom stereocenters. The SMILES string of the molecule is CCCCCCCCCCCCCCC(=O)O[C@H](COC(=O)CCCCCCCCC(C)C)COP(=O)(O)OC[C@H](O)COP(=O)(O)OC[C@@H](COC(=O)CCCCCCCCCCCCCCCCC(C)CC)OC(=O)CCCCCCCCCCCCCCCCCCCCC(C)C. The van der Waals surface area contributed by atoms with Gasteiger partial charge in [-0.25, -0.2) is 9.13 Å². The van der Waals surface area contributed by atoms with Gasteiger partial charge in [0.25, 0.3) is 0 Å². The predicted molar refractivity (Wildman–Crippen MR) is 409 cm³/mol. The molecule has 3 N–H and O–H groups in total. The Morgan fingerprint density at radius 2 is 0.510 bits per heavy atom. The van der Waals surface area contributed by atoms with Crippen LogP contribution in [0.4, 0.5) is 0 Å². The second-order valence-electron chi connectivity index (χ2n) is 30.4. The molecule has 0 bridgehead atoms. The number of aliphatic hydroxyl groups excluding tert-OH is 1. The van der Waals surface area contributed by atoms with Crippen molar-refractivity contribution in [2.75, 3.05) is 39.6 Å². The van der Waals surface area contributed by atoms with Crippen molar-refractivity contribution in [3.8, 4) is 0 Å². The zero-order valence-electron chi connectivity index (χ0n) is 65.7. The Bertz CT molecular complexity index is 1940. The number of hydrogen-bond acceptors (Lipinski definition) is 15. The summed E-state index contributed by atoms with van der Waals surface area (Å²) in [6.45, 7) is 11.9. The highest BCUT2D eigenvalue weighted by Crippen LogP contribution is 2.45. The van der Waals surface area contributed by atoms with Gasteiger partial charge in [0.2, 0.25) is 0 Å². The van der Waals surface area contributed by atoms with E-state index in [1.54, 1.807) is 0 Å². The minimum absolute atomic E-state index is 0.106. The van der Waals surface area contributed by atoms with E-state index in [1.165, 1.54) is 225 Å². The summed E-state index contributed by atoms with van der Waals surface area (Å²) < 4.78 is 68.6. The average molecular weight is 1470 g/mol. The fraction of sp³-hybridized carbons (Fsp3) is 0.951. The minimum atomic E-state index is -4.96. The van der Waals surface area contributed by atoms with Crippen molar-refractivity contribution >= 4 is 39.5 Å². The van der Waals surface area contributed by atoms with Crippen LogP contribution < -0.4 is 0 Å². The molecule has 0 aliphatic carbocycles. The first-order valence-electron chi connectivity index (χ1n) is 41.9. The zero-order valence-corrected chi connectivity index (χ0v) is 67.5. The van der Waals surface area contributed by atoms with Crippen molar-refractivity contribution < 1.29 is 80.2 Å². The summed E-state index contributed by atoms with van der Waals surface area (Å²) >= 11 is 0. The Hall–Kier alpha value is -1.94. The molecular formula is C81H158O17P2. The molecule has 0 heterocycles. The van der Waals surface area contributed by atoms with Gasteiger partial charge in [0, 0.05) is 25.7 Å². The van der Waals surface area contributed by atoms with E-state index in [0.29, 0.717) is 31.6 Å². The van der Waals surface area contributed by atoms with Crippen LogP contribution in [0.25, 0.3) is 0 Å². The van der Waals surface area contributed by atoms with Crippen LogP contribution in [-0.2, 0) is 65.4 Å². The van der Waals surface area contributed by atoms with Crippen molar-refractivity contribution in [3.63, 3.8) is 0 Å². The molecule has 594 valence electrons. The molecule has 100 heavy (non-hydrogen) atoms. The Morgan fingerprint density at radius 3 is 0.760 bits per heavy atom. The van der Waals surface area contributed by atoms with E-state index >= 15 is 0 Å². The van der Waals surface area contributed by atoms with Crippen LogP contribution in [0.5, 0.6) is 0 Å². The molecule has 0 aromatic carbocycles. The Balaban J connectivity index is 5.21. The summed E-state index contributed by atoms with van der Waals surface area (Å²) in [6.07, 6.45) is 59.8. The molecule has 6 atom stereocenters. The van der Waals surface area contributed by atoms with Crippen molar-refractivity contribution in [1.29, 1.82) is 0 Å². The van der Waals surface area contributed by atoms with Gasteiger partial charge in [-0.15, -0.1) is 0 Å². The molecule has 0 spiro atoms. The van der Waals surface area contributed by atoms with Gasteiger partial charge in [-0.05, 0) is 43.4 Å². The van der Waals surface area contributed by atoms with Crippen molar-refractivity contribution in [2.45, 2.75) is 439 Å². The third-order valence-electron chi connectivity index (χ3n) is 19.2. The Morgan fingerprint density at radius 1 is 0.290 bits per heavy atom. The van der Waals surface area contributed by atoms with Gasteiger partial charge >= 0.3 is 39.5 Å². The lowest BCUT2D eigenvalue weighted by molar-refractivity contribution is -0.161. The highest BCUT2D eigenvalue weighted by molar-refractivity contribution is 7.47. The Labute approximate surface area is 613 Å². The zero-order chi connectivity index (χ0) is 73.7. The fourth-order valence-corrected chi connectivity index (χ4v) is 14.0. The predicted octanol–water partition coefficient (Wildman–Crippen LogP) is 24.1. The molecular weight excluding hydrogens is 1310 g/mol. The summed E-state index contributed by atoms with van der Waals surface area (Å²) in [5, 5.41) is 10.6. The van der Waals surface area contributed by atoms with Gasteiger partial charge in [0.05, 0.1) is 26.4 Å². The lowest BCUT2D eigenvalue weighted by Gasteiger charge is -2.21. The van der Waals surface area contributed by atoms with Gasteiger partial charge in [0.15, 0.2) is 12.2 Å². The van der Waals surface area contributed by atoms with Crippen LogP contribution in [0.3, 0.4) is 0 Å². The maximum Gasteiger partial charge on any atom is 0.472 e. The van der Waals surface area contributed by atoms with Crippen molar-refractivity contribution in [3.05, 3.63) is 0 Å². The monoisotopic (exact) mass is 1470 g/mol. The van der Waals surface area contributed by atoms with Crippen LogP contribution in [-0.4, -0.2) is 96.7 Å². The number of phosphoric ester groups is 2. The molecule has 17 nitrogen and oxygen atoms in total. The van der Waals surface area contributed by atoms with Crippen molar-refractivity contribution in [1.82, 2.24) is 0 Å². The van der Waals surface area contributed by atoms with Crippen LogP contribution in [0, 0.1) is 17.8 Å². The highest BCUT2D eigenvalue weighted by atomic mass is 31.2. The molecule has 0 aromatic heterocycles. The molecule has 0 aromatic rings. The molecule has 0 amide bonds. The van der Waals surface area contributed by atoms with E-state index in [4.69, 9.17) is 37.0 Å². The molecule has 0 radical (unpaired) electrons. The third-order valence-corrected chi connectivity index (χ3v) is 21.1. The molecule has 0 aliphatic rings. The van der Waals surface area contributed by atoms with Crippen molar-refractivity contribution in [2.24, 2.45) is 17.8 Å². The lowest BCUT2D eigenvalue weighted by atomic mass is 9.99. The van der Waals surface area contributed by atoms with Gasteiger partial charge < -0.3 is 33.8 Å². The van der Waals surface area contributed by atoms with Crippen LogP contribution in [0.2, 0.25) is 0 Å². The number of rotatable bonds is 79. The highest BCUT2D eigenvalue weighted by Gasteiger charge is 2.30. The second-order valence-corrected chi connectivity index (χ2v) is 33.3. The number of carbonyl (C=O) groups is 4. The van der Waals surface area contributed by atoms with Crippen LogP contribution in [0.1, 0.15) is 421 Å². The smallest absolute Gasteiger partial charge is 0.462 e. The first-order valence-corrected chi connectivity index (χ1v) is 44.9. The van der Waals surface area contributed by atoms with E-state index in [0.717, 1.165) is 108 Å². The summed E-state index contributed by atoms with van der Waals surface area (Å²) in [6, 6.07) is 0. The van der Waals surface area contributed by atoms with E-state index < -0.39 is 97.5 Å². The lowest BCUT2D eigenvalue weighted by Crippen LogP contribution is -2.30. The van der Waals surface area contributed by atoms with E-state index in [1.807, 2.05) is 0 Å². The molecule has 0 aliphatic heterocycles. The molecule has 0 saturated heterocycles. The normalized spacial score (nSPS) is 14.2. The average Bonchev–Trinajstić information content (AvgIpc) is 0.934. The van der Waals surface area contributed by atoms with Gasteiger partial charge in [-0.1, -0.05) is 370 Å². The number of hydrogen-bond donors (Lipinski definition) is 3. The summed E-state index contributed by atoms with van der Waals surface area (Å²) in [5.41, 5.74) is 0. The second kappa shape index (κ2) is 71.3. The third kappa shape index (κ3) is 73.0. The number of esters is 4. The minimum Gasteiger partial charge on any atom is -0.462 e. The number of aliphatic hydroxyl groups is 1. The number of ether oxygens (including phenoxy) is 4. The maximum atomic E-state index is 13.1. The largest absolute Gasteiger partial charge is 0.472 e. The van der Waals surface area contributed by atoms with Gasteiger partial charge in [-0.3, -0.25) is 37.3 Å². The fourth-order valence-electron chi connectivity index (χ4n) is 12.5. The van der Waals surface area contributed by atoms with E-state index in [2.05, 4.69) is 48.5 Å². The number of phosphoric acid groups is 2. The molecule has 0 rings (SSSR count). The Kier molecular flexibility index (Phi) is 69.9. The molecule has 19 heteroatoms. The molecule has 0 fully saturated rings. The first-order chi connectivity index (χ1) is 48.3. The topological polar surface area (TPSA) is 237 Å². The quantitative estimate of drug-likeness (QED) is 0.0222. The van der Waals surface area contributed by atoms with Gasteiger partial charge in [0.1, 0.15) is 19.3 Å². The first kappa shape index (κ1) is 98.1. The summed E-state index contributed by atoms with van der Waals surface area (Å²) in [7, 11) is -9.92. The summed E-state index contributed by atoms with van der Waals surface area (Å²) in [5.74, 6) is 0.237. The van der Waals surface area contributed by atoms with E-state index in [9.17, 15) is 43.2 Å². The standard InChI is InChI=1S/C81H158O17P2/c1-8-10-11-12-13-14-15-30-36-41-50-57-64-80(85)98-77(69-92-79(84)63-56-49-44-43-46-53-60-73(5)6)71-96-100(89,90)94-67-75(82)66-93-99(87,88)95-70-76(68-91-78(83)62-55-48-40-35-31-26-23-22-25-29-34-39-47-54-61-74(7)9-2)97-81(86)65-58-51-42-37-32-27-21-19-17-16-18-20-24-28-33-38-45-52-59-72(3)4/h72-77,82H,8-71H2,1-7H3,(H,87,88)(H,89,90)/t74?,75-,76-,77-/m1/s1. The van der Waals surface area contributed by atoms with Gasteiger partial charge in [-0.2, -0.15) is 0 Å². The maximum absolute atomic E-state index is 13.1. The number of carbonyl (C=O) groups excluding carboxylic acids is 4. The van der Waals surface area contributed by atoms with Crippen LogP contribution in [0.15, 0.2) is 0 Å². The molecule has 0 saturated carbocycles.